The van der Waals surface area contributed by atoms with Crippen LogP contribution in [-0.2, 0) is 6.42 Å². The van der Waals surface area contributed by atoms with Crippen LogP contribution < -0.4 is 0 Å². The summed E-state index contributed by atoms with van der Waals surface area (Å²) in [5.41, 5.74) is 2.72. The molecule has 23 heavy (non-hydrogen) atoms. The van der Waals surface area contributed by atoms with Crippen molar-refractivity contribution < 1.29 is 0 Å². The Kier molecular flexibility index (Phi) is 3.96. The molecule has 0 amide bonds. The van der Waals surface area contributed by atoms with Gasteiger partial charge in [-0.25, -0.2) is 0 Å². The van der Waals surface area contributed by atoms with E-state index in [4.69, 9.17) is 0 Å². The van der Waals surface area contributed by atoms with Crippen molar-refractivity contribution in [3.8, 4) is 0 Å². The van der Waals surface area contributed by atoms with E-state index >= 15 is 0 Å². The summed E-state index contributed by atoms with van der Waals surface area (Å²) in [5.74, 6) is 0. The Bertz CT molecular complexity index is 935. The molecule has 0 nitrogen and oxygen atoms in total. The summed E-state index contributed by atoms with van der Waals surface area (Å²) in [4.78, 5) is 0. The molecular weight excluding hydrogens is 412 g/mol. The molecule has 4 rings (SSSR count). The van der Waals surface area contributed by atoms with E-state index in [0.29, 0.717) is 0 Å². The molecule has 0 heterocycles. The molecule has 0 aliphatic carbocycles. The average molecular weight is 426 g/mol. The summed E-state index contributed by atoms with van der Waals surface area (Å²) in [6, 6.07) is 25.9. The van der Waals surface area contributed by atoms with Crippen LogP contribution in [0.3, 0.4) is 0 Å². The van der Waals surface area contributed by atoms with E-state index in [1.54, 1.807) is 0 Å². The molecule has 0 aliphatic rings. The lowest BCUT2D eigenvalue weighted by atomic mass is 9.95. The summed E-state index contributed by atoms with van der Waals surface area (Å²) < 4.78 is 2.30. The zero-order chi connectivity index (χ0) is 15.8. The van der Waals surface area contributed by atoms with Crippen molar-refractivity contribution in [1.82, 2.24) is 0 Å². The van der Waals surface area contributed by atoms with Gasteiger partial charge in [-0.1, -0.05) is 92.5 Å². The van der Waals surface area contributed by atoms with Crippen LogP contribution in [0.4, 0.5) is 0 Å². The van der Waals surface area contributed by atoms with Crippen molar-refractivity contribution in [2.24, 2.45) is 0 Å². The van der Waals surface area contributed by atoms with Gasteiger partial charge in [0.2, 0.25) is 0 Å². The van der Waals surface area contributed by atoms with Gasteiger partial charge in [-0.2, -0.15) is 0 Å². The predicted molar refractivity (Wildman–Crippen MR) is 106 cm³/mol. The normalized spacial score (nSPS) is 11.2. The number of benzene rings is 4. The lowest BCUT2D eigenvalue weighted by Crippen LogP contribution is -1.92. The second kappa shape index (κ2) is 6.10. The van der Waals surface area contributed by atoms with Crippen LogP contribution in [0.5, 0.6) is 0 Å². The van der Waals surface area contributed by atoms with Crippen LogP contribution in [0.15, 0.2) is 81.7 Å². The summed E-state index contributed by atoms with van der Waals surface area (Å²) in [6.45, 7) is 0. The van der Waals surface area contributed by atoms with Crippen molar-refractivity contribution >= 4 is 53.4 Å². The molecule has 0 N–H and O–H groups in total. The SMILES string of the molecule is Brc1ccc(Cc2ccc(Br)c3ccccc23)c2ccccc12. The number of rotatable bonds is 2. The van der Waals surface area contributed by atoms with E-state index in [1.165, 1.54) is 32.7 Å². The lowest BCUT2D eigenvalue weighted by molar-refractivity contribution is 1.23. The molecule has 0 radical (unpaired) electrons. The molecule has 0 aromatic heterocycles. The molecule has 112 valence electrons. The van der Waals surface area contributed by atoms with Gasteiger partial charge in [-0.05, 0) is 51.2 Å². The molecule has 0 aliphatic heterocycles. The Hall–Kier alpha value is -1.64. The third-order valence-electron chi connectivity index (χ3n) is 4.30. The fraction of sp³-hybridized carbons (Fsp3) is 0.0476. The Labute approximate surface area is 152 Å². The number of hydrogen-bond donors (Lipinski definition) is 0. The van der Waals surface area contributed by atoms with Crippen molar-refractivity contribution in [1.29, 1.82) is 0 Å². The van der Waals surface area contributed by atoms with Crippen LogP contribution in [0.1, 0.15) is 11.1 Å². The summed E-state index contributed by atoms with van der Waals surface area (Å²) in [6.07, 6.45) is 0.932. The Balaban J connectivity index is 1.89. The monoisotopic (exact) mass is 424 g/mol. The number of fused-ring (bicyclic) bond motifs is 2. The van der Waals surface area contributed by atoms with Crippen LogP contribution in [0.25, 0.3) is 21.5 Å². The maximum atomic E-state index is 3.66. The van der Waals surface area contributed by atoms with Gasteiger partial charge < -0.3 is 0 Å². The van der Waals surface area contributed by atoms with Gasteiger partial charge in [0, 0.05) is 8.95 Å². The molecule has 0 saturated carbocycles. The maximum Gasteiger partial charge on any atom is 0.0253 e. The highest BCUT2D eigenvalue weighted by atomic mass is 79.9. The van der Waals surface area contributed by atoms with E-state index in [-0.39, 0.29) is 0 Å². The smallest absolute Gasteiger partial charge is 0.0253 e. The summed E-state index contributed by atoms with van der Waals surface area (Å²) in [7, 11) is 0. The quantitative estimate of drug-likeness (QED) is 0.321. The van der Waals surface area contributed by atoms with Crippen LogP contribution in [0.2, 0.25) is 0 Å². The molecule has 0 saturated heterocycles. The number of hydrogen-bond acceptors (Lipinski definition) is 0. The fourth-order valence-corrected chi connectivity index (χ4v) is 4.12. The first-order valence-electron chi connectivity index (χ1n) is 7.56. The molecule has 2 heteroatoms. The fourth-order valence-electron chi connectivity index (χ4n) is 3.16. The predicted octanol–water partition coefficient (Wildman–Crippen LogP) is 7.11. The summed E-state index contributed by atoms with van der Waals surface area (Å²) >= 11 is 7.32. The zero-order valence-electron chi connectivity index (χ0n) is 12.4. The third-order valence-corrected chi connectivity index (χ3v) is 5.69. The average Bonchev–Trinajstić information content (AvgIpc) is 2.60. The highest BCUT2D eigenvalue weighted by molar-refractivity contribution is 9.11. The molecular formula is C21H14Br2. The third kappa shape index (κ3) is 2.71. The van der Waals surface area contributed by atoms with E-state index in [0.717, 1.165) is 15.4 Å². The van der Waals surface area contributed by atoms with Gasteiger partial charge in [-0.3, -0.25) is 0 Å². The van der Waals surface area contributed by atoms with E-state index < -0.39 is 0 Å². The molecule has 4 aromatic rings. The standard InChI is InChI=1S/C21H14Br2/c22-20-11-9-14(16-5-1-3-7-18(16)20)13-15-10-12-21(23)19-8-4-2-6-17(15)19/h1-12H,13H2. The van der Waals surface area contributed by atoms with E-state index in [1.807, 2.05) is 0 Å². The second-order valence-corrected chi connectivity index (χ2v) is 7.39. The first-order valence-corrected chi connectivity index (χ1v) is 9.15. The maximum absolute atomic E-state index is 3.66. The minimum Gasteiger partial charge on any atom is -0.0616 e. The molecule has 0 unspecified atom stereocenters. The van der Waals surface area contributed by atoms with Gasteiger partial charge in [0.15, 0.2) is 0 Å². The molecule has 0 spiro atoms. The molecule has 0 bridgehead atoms. The van der Waals surface area contributed by atoms with E-state index in [2.05, 4.69) is 105 Å². The Morgan fingerprint density at radius 2 is 0.870 bits per heavy atom. The van der Waals surface area contributed by atoms with Gasteiger partial charge in [0.05, 0.1) is 0 Å². The van der Waals surface area contributed by atoms with Crippen LogP contribution in [-0.4, -0.2) is 0 Å². The molecule has 0 atom stereocenters. The topological polar surface area (TPSA) is 0 Å². The second-order valence-electron chi connectivity index (χ2n) is 5.68. The van der Waals surface area contributed by atoms with Crippen molar-refractivity contribution in [3.05, 3.63) is 92.9 Å². The largest absolute Gasteiger partial charge is 0.0616 e. The van der Waals surface area contributed by atoms with Crippen molar-refractivity contribution in [3.63, 3.8) is 0 Å². The van der Waals surface area contributed by atoms with Gasteiger partial charge >= 0.3 is 0 Å². The zero-order valence-corrected chi connectivity index (χ0v) is 15.6. The van der Waals surface area contributed by atoms with Crippen molar-refractivity contribution in [2.45, 2.75) is 6.42 Å². The highest BCUT2D eigenvalue weighted by Crippen LogP contribution is 2.32. The Morgan fingerprint density at radius 3 is 1.30 bits per heavy atom. The highest BCUT2D eigenvalue weighted by Gasteiger charge is 2.08. The van der Waals surface area contributed by atoms with Gasteiger partial charge in [-0.15, -0.1) is 0 Å². The molecule has 0 fully saturated rings. The first-order chi connectivity index (χ1) is 11.2. The van der Waals surface area contributed by atoms with Crippen LogP contribution in [0, 0.1) is 0 Å². The van der Waals surface area contributed by atoms with Gasteiger partial charge in [0.25, 0.3) is 0 Å². The van der Waals surface area contributed by atoms with E-state index in [9.17, 15) is 0 Å². The molecule has 4 aromatic carbocycles. The minimum absolute atomic E-state index is 0.932. The lowest BCUT2D eigenvalue weighted by Gasteiger charge is -2.11. The van der Waals surface area contributed by atoms with Crippen molar-refractivity contribution in [2.75, 3.05) is 0 Å². The van der Waals surface area contributed by atoms with Gasteiger partial charge in [0.1, 0.15) is 0 Å². The first kappa shape index (κ1) is 14.9. The minimum atomic E-state index is 0.932. The van der Waals surface area contributed by atoms with Crippen LogP contribution >= 0.6 is 31.9 Å². The Morgan fingerprint density at radius 1 is 0.478 bits per heavy atom. The number of halogens is 2. The summed E-state index contributed by atoms with van der Waals surface area (Å²) in [5, 5.41) is 5.17.